The molecule has 19 heavy (non-hydrogen) atoms. The van der Waals surface area contributed by atoms with Crippen molar-refractivity contribution < 1.29 is 0 Å². The van der Waals surface area contributed by atoms with E-state index >= 15 is 0 Å². The van der Waals surface area contributed by atoms with Crippen molar-refractivity contribution in [2.45, 2.75) is 39.8 Å². The number of rotatable bonds is 7. The number of thioether (sulfide) groups is 1. The van der Waals surface area contributed by atoms with Crippen LogP contribution in [0.15, 0.2) is 11.0 Å². The van der Waals surface area contributed by atoms with Gasteiger partial charge < -0.3 is 5.32 Å². The summed E-state index contributed by atoms with van der Waals surface area (Å²) in [6, 6.07) is 0.301. The molecule has 0 aromatic carbocycles. The number of halogens is 1. The lowest BCUT2D eigenvalue weighted by atomic mass is 10.2. The Balaban J connectivity index is 2.92. The number of anilines is 1. The molecule has 0 aliphatic carbocycles. The molecule has 1 aromatic rings. The third-order valence-electron chi connectivity index (χ3n) is 2.74. The monoisotopic (exact) mass is 303 g/mol. The molecule has 108 valence electrons. The number of nitrogens with one attached hydrogen (secondary N) is 1. The first-order valence-corrected chi connectivity index (χ1v) is 8.27. The van der Waals surface area contributed by atoms with Crippen molar-refractivity contribution in [1.29, 1.82) is 0 Å². The van der Waals surface area contributed by atoms with Crippen LogP contribution in [0.1, 0.15) is 27.2 Å². The summed E-state index contributed by atoms with van der Waals surface area (Å²) in [6.07, 6.45) is 4.69. The van der Waals surface area contributed by atoms with E-state index in [1.54, 1.807) is 18.0 Å². The Morgan fingerprint density at radius 1 is 1.53 bits per heavy atom. The molecule has 1 heterocycles. The van der Waals surface area contributed by atoms with Crippen molar-refractivity contribution in [3.05, 3.63) is 21.6 Å². The summed E-state index contributed by atoms with van der Waals surface area (Å²) in [4.78, 5) is 12.1. The molecule has 1 N–H and O–H groups in total. The first-order chi connectivity index (χ1) is 8.99. The molecule has 0 aliphatic rings. The summed E-state index contributed by atoms with van der Waals surface area (Å²) in [5, 5.41) is 7.70. The molecular formula is C13H22ClN3OS. The zero-order valence-electron chi connectivity index (χ0n) is 11.9. The number of hydrogen-bond acceptors (Lipinski definition) is 4. The van der Waals surface area contributed by atoms with Crippen LogP contribution >= 0.6 is 23.4 Å². The number of nitrogens with zero attached hydrogens (tertiary/aromatic N) is 2. The van der Waals surface area contributed by atoms with Gasteiger partial charge in [0.15, 0.2) is 0 Å². The molecule has 0 radical (unpaired) electrons. The third kappa shape index (κ3) is 4.73. The van der Waals surface area contributed by atoms with Crippen LogP contribution in [0.5, 0.6) is 0 Å². The fraction of sp³-hybridized carbons (Fsp3) is 0.692. The van der Waals surface area contributed by atoms with Crippen molar-refractivity contribution in [2.24, 2.45) is 5.92 Å². The summed E-state index contributed by atoms with van der Waals surface area (Å²) in [5.41, 5.74) is 0.409. The van der Waals surface area contributed by atoms with E-state index in [1.807, 2.05) is 13.8 Å². The summed E-state index contributed by atoms with van der Waals surface area (Å²) in [5.74, 6) is 1.34. The first kappa shape index (κ1) is 16.4. The van der Waals surface area contributed by atoms with E-state index < -0.39 is 0 Å². The van der Waals surface area contributed by atoms with Gasteiger partial charge in [-0.25, -0.2) is 4.68 Å². The van der Waals surface area contributed by atoms with Gasteiger partial charge in [0.25, 0.3) is 5.56 Å². The van der Waals surface area contributed by atoms with Gasteiger partial charge in [-0.15, -0.1) is 0 Å². The van der Waals surface area contributed by atoms with Gasteiger partial charge in [0.1, 0.15) is 5.02 Å². The van der Waals surface area contributed by atoms with Crippen LogP contribution in [0.25, 0.3) is 0 Å². The van der Waals surface area contributed by atoms with Crippen molar-refractivity contribution in [1.82, 2.24) is 9.78 Å². The molecular weight excluding hydrogens is 282 g/mol. The maximum atomic E-state index is 12.1. The van der Waals surface area contributed by atoms with Crippen LogP contribution in [0, 0.1) is 5.92 Å². The molecule has 0 saturated carbocycles. The molecule has 1 atom stereocenters. The van der Waals surface area contributed by atoms with Crippen molar-refractivity contribution >= 4 is 29.1 Å². The molecule has 1 aromatic heterocycles. The highest BCUT2D eigenvalue weighted by Crippen LogP contribution is 2.18. The smallest absolute Gasteiger partial charge is 0.287 e. The van der Waals surface area contributed by atoms with Gasteiger partial charge in [0, 0.05) is 18.3 Å². The highest BCUT2D eigenvalue weighted by Gasteiger charge is 2.13. The Morgan fingerprint density at radius 2 is 2.21 bits per heavy atom. The molecule has 0 aliphatic heterocycles. The quantitative estimate of drug-likeness (QED) is 0.841. The van der Waals surface area contributed by atoms with Gasteiger partial charge in [-0.2, -0.15) is 16.9 Å². The normalized spacial score (nSPS) is 12.7. The van der Waals surface area contributed by atoms with Gasteiger partial charge in [0.2, 0.25) is 0 Å². The number of hydrogen-bond donors (Lipinski definition) is 1. The van der Waals surface area contributed by atoms with Gasteiger partial charge in [-0.1, -0.05) is 32.4 Å². The topological polar surface area (TPSA) is 46.9 Å². The lowest BCUT2D eigenvalue weighted by molar-refractivity contribution is 0.464. The second-order valence-corrected chi connectivity index (χ2v) is 6.25. The van der Waals surface area contributed by atoms with Crippen molar-refractivity contribution in [3.63, 3.8) is 0 Å². The van der Waals surface area contributed by atoms with E-state index in [4.69, 9.17) is 11.6 Å². The van der Waals surface area contributed by atoms with Crippen molar-refractivity contribution in [2.75, 3.05) is 17.3 Å². The molecule has 1 rings (SSSR count). The summed E-state index contributed by atoms with van der Waals surface area (Å²) >= 11 is 7.91. The fourth-order valence-electron chi connectivity index (χ4n) is 1.72. The lowest BCUT2D eigenvalue weighted by Gasteiger charge is -2.18. The minimum Gasteiger partial charge on any atom is -0.379 e. The van der Waals surface area contributed by atoms with Gasteiger partial charge in [0.05, 0.1) is 11.9 Å². The Bertz CT molecular complexity index is 462. The Hall–Kier alpha value is -0.680. The van der Waals surface area contributed by atoms with E-state index in [0.717, 1.165) is 12.2 Å². The zero-order chi connectivity index (χ0) is 14.4. The van der Waals surface area contributed by atoms with Gasteiger partial charge in [-0.3, -0.25) is 4.79 Å². The molecule has 1 unspecified atom stereocenters. The SMILES string of the molecule is CCC(CSC)Nc1cnn(CC(C)C)c(=O)c1Cl. The van der Waals surface area contributed by atoms with E-state index in [2.05, 4.69) is 23.6 Å². The van der Waals surface area contributed by atoms with Crippen LogP contribution in [-0.2, 0) is 6.54 Å². The van der Waals surface area contributed by atoms with Crippen LogP contribution in [0.2, 0.25) is 5.02 Å². The molecule has 0 spiro atoms. The van der Waals surface area contributed by atoms with Crippen molar-refractivity contribution in [3.8, 4) is 0 Å². The predicted molar refractivity (Wildman–Crippen MR) is 84.4 cm³/mol. The van der Waals surface area contributed by atoms with Gasteiger partial charge in [-0.05, 0) is 18.6 Å². The maximum Gasteiger partial charge on any atom is 0.287 e. The van der Waals surface area contributed by atoms with Crippen LogP contribution < -0.4 is 10.9 Å². The van der Waals surface area contributed by atoms with E-state index in [-0.39, 0.29) is 10.6 Å². The second kappa shape index (κ2) is 7.80. The predicted octanol–water partition coefficient (Wildman–Crippen LogP) is 3.11. The third-order valence-corrected chi connectivity index (χ3v) is 3.84. The summed E-state index contributed by atoms with van der Waals surface area (Å²) in [6.45, 7) is 6.77. The summed E-state index contributed by atoms with van der Waals surface area (Å²) in [7, 11) is 0. The molecule has 0 saturated heterocycles. The molecule has 0 amide bonds. The van der Waals surface area contributed by atoms with E-state index in [1.165, 1.54) is 4.68 Å². The molecule has 0 bridgehead atoms. The molecule has 6 heteroatoms. The number of aromatic nitrogens is 2. The van der Waals surface area contributed by atoms with E-state index in [0.29, 0.717) is 24.2 Å². The lowest BCUT2D eigenvalue weighted by Crippen LogP contribution is -2.28. The molecule has 0 fully saturated rings. The van der Waals surface area contributed by atoms with E-state index in [9.17, 15) is 4.79 Å². The average molecular weight is 304 g/mol. The van der Waals surface area contributed by atoms with Gasteiger partial charge >= 0.3 is 0 Å². The summed E-state index contributed by atoms with van der Waals surface area (Å²) < 4.78 is 1.42. The van der Waals surface area contributed by atoms with Crippen LogP contribution in [0.3, 0.4) is 0 Å². The minimum absolute atomic E-state index is 0.223. The fourth-order valence-corrected chi connectivity index (χ4v) is 2.65. The minimum atomic E-state index is -0.223. The van der Waals surface area contributed by atoms with Crippen LogP contribution in [-0.4, -0.2) is 27.8 Å². The average Bonchev–Trinajstić information content (AvgIpc) is 2.37. The zero-order valence-corrected chi connectivity index (χ0v) is 13.5. The molecule has 4 nitrogen and oxygen atoms in total. The Kier molecular flexibility index (Phi) is 6.72. The standard InChI is InChI=1S/C13H22ClN3OS/c1-5-10(8-19-4)16-11-6-15-17(7-9(2)3)13(18)12(11)14/h6,9-10,16H,5,7-8H2,1-4H3. The largest absolute Gasteiger partial charge is 0.379 e. The first-order valence-electron chi connectivity index (χ1n) is 6.50. The second-order valence-electron chi connectivity index (χ2n) is 4.96. The highest BCUT2D eigenvalue weighted by atomic mass is 35.5. The highest BCUT2D eigenvalue weighted by molar-refractivity contribution is 7.98. The Labute approximate surface area is 123 Å². The Morgan fingerprint density at radius 3 is 2.74 bits per heavy atom. The maximum absolute atomic E-state index is 12.1. The van der Waals surface area contributed by atoms with Crippen LogP contribution in [0.4, 0.5) is 5.69 Å².